The van der Waals surface area contributed by atoms with E-state index in [1.165, 1.54) is 10.8 Å². The summed E-state index contributed by atoms with van der Waals surface area (Å²) in [7, 11) is 1.68. The maximum Gasteiger partial charge on any atom is 0.367 e. The van der Waals surface area contributed by atoms with Crippen LogP contribution in [0.15, 0.2) is 101 Å². The highest BCUT2D eigenvalue weighted by Gasteiger charge is 2.21. The molecule has 30 heavy (non-hydrogen) atoms. The second-order valence-corrected chi connectivity index (χ2v) is 7.20. The molecule has 0 spiro atoms. The number of ether oxygens (including phenoxy) is 1. The van der Waals surface area contributed by atoms with E-state index < -0.39 is 0 Å². The maximum atomic E-state index is 6.44. The first-order chi connectivity index (χ1) is 14.8. The van der Waals surface area contributed by atoms with Crippen molar-refractivity contribution in [1.29, 1.82) is 0 Å². The minimum absolute atomic E-state index is 0.851. The van der Waals surface area contributed by atoms with Gasteiger partial charge in [0.2, 0.25) is 0 Å². The van der Waals surface area contributed by atoms with Crippen LogP contribution in [0, 0.1) is 0 Å². The van der Waals surface area contributed by atoms with E-state index in [9.17, 15) is 0 Å². The first-order valence-electron chi connectivity index (χ1n) is 9.98. The zero-order chi connectivity index (χ0) is 20.3. The SMILES string of the molecule is COc1ccc(C=Cc2cc3c(ccc4ccccc43)[o+]c2-c2ccccc2)cc1. The molecular weight excluding hydrogens is 368 g/mol. The van der Waals surface area contributed by atoms with Crippen molar-refractivity contribution in [3.8, 4) is 17.1 Å². The minimum atomic E-state index is 0.851. The summed E-state index contributed by atoms with van der Waals surface area (Å²) in [4.78, 5) is 0. The average Bonchev–Trinajstić information content (AvgIpc) is 2.83. The summed E-state index contributed by atoms with van der Waals surface area (Å²) in [5.74, 6) is 1.72. The second-order valence-electron chi connectivity index (χ2n) is 7.20. The Hall–Kier alpha value is -3.91. The third-order valence-corrected chi connectivity index (χ3v) is 5.31. The molecule has 144 valence electrons. The van der Waals surface area contributed by atoms with Crippen LogP contribution in [0.1, 0.15) is 11.1 Å². The molecule has 2 heteroatoms. The summed E-state index contributed by atoms with van der Waals surface area (Å²) in [6.07, 6.45) is 4.22. The van der Waals surface area contributed by atoms with Gasteiger partial charge < -0.3 is 4.74 Å². The van der Waals surface area contributed by atoms with Crippen LogP contribution < -0.4 is 4.74 Å². The van der Waals surface area contributed by atoms with Gasteiger partial charge in [0.1, 0.15) is 5.75 Å². The van der Waals surface area contributed by atoms with Crippen LogP contribution in [0.3, 0.4) is 0 Å². The summed E-state index contributed by atoms with van der Waals surface area (Å²) >= 11 is 0. The van der Waals surface area contributed by atoms with Gasteiger partial charge in [0.15, 0.2) is 0 Å². The molecule has 0 bridgehead atoms. The van der Waals surface area contributed by atoms with Gasteiger partial charge in [0.25, 0.3) is 0 Å². The Morgan fingerprint density at radius 1 is 0.700 bits per heavy atom. The fourth-order valence-electron chi connectivity index (χ4n) is 3.74. The maximum absolute atomic E-state index is 6.44. The van der Waals surface area contributed by atoms with Crippen molar-refractivity contribution in [3.05, 3.63) is 108 Å². The molecule has 0 N–H and O–H groups in total. The van der Waals surface area contributed by atoms with Crippen molar-refractivity contribution in [2.24, 2.45) is 0 Å². The molecule has 0 unspecified atom stereocenters. The number of fused-ring (bicyclic) bond motifs is 3. The van der Waals surface area contributed by atoms with Gasteiger partial charge >= 0.3 is 11.3 Å². The number of methoxy groups -OCH3 is 1. The lowest BCUT2D eigenvalue weighted by Crippen LogP contribution is -1.87. The zero-order valence-corrected chi connectivity index (χ0v) is 16.7. The normalized spacial score (nSPS) is 11.4. The van der Waals surface area contributed by atoms with Crippen LogP contribution in [0.2, 0.25) is 0 Å². The van der Waals surface area contributed by atoms with Crippen LogP contribution in [0.5, 0.6) is 5.75 Å². The number of benzene rings is 4. The molecule has 0 fully saturated rings. The van der Waals surface area contributed by atoms with Gasteiger partial charge in [0, 0.05) is 6.07 Å². The molecule has 1 aromatic heterocycles. The van der Waals surface area contributed by atoms with E-state index in [-0.39, 0.29) is 0 Å². The third kappa shape index (κ3) is 3.44. The molecule has 1 heterocycles. The van der Waals surface area contributed by atoms with Crippen molar-refractivity contribution in [2.45, 2.75) is 0 Å². The number of rotatable bonds is 4. The Bertz CT molecular complexity index is 1350. The highest BCUT2D eigenvalue weighted by atomic mass is 16.5. The van der Waals surface area contributed by atoms with Crippen molar-refractivity contribution < 1.29 is 9.15 Å². The largest absolute Gasteiger partial charge is 0.497 e. The van der Waals surface area contributed by atoms with Gasteiger partial charge in [-0.15, -0.1) is 0 Å². The Balaban J connectivity index is 1.70. The van der Waals surface area contributed by atoms with Crippen LogP contribution in [-0.4, -0.2) is 7.11 Å². The van der Waals surface area contributed by atoms with Gasteiger partial charge in [-0.05, 0) is 58.8 Å². The lowest BCUT2D eigenvalue weighted by molar-refractivity contribution is 0.415. The molecule has 0 saturated heterocycles. The monoisotopic (exact) mass is 389 g/mol. The Morgan fingerprint density at radius 3 is 2.27 bits per heavy atom. The standard InChI is InChI=1S/C28H21O2/c1-29-24-16-12-20(13-17-24)11-14-23-19-26-25-10-6-5-7-21(25)15-18-27(26)30-28(23)22-8-3-2-4-9-22/h2-19H,1H3/q+1. The molecule has 0 aliphatic rings. The van der Waals surface area contributed by atoms with E-state index in [4.69, 9.17) is 9.15 Å². The summed E-state index contributed by atoms with van der Waals surface area (Å²) in [5, 5.41) is 3.51. The molecule has 5 rings (SSSR count). The van der Waals surface area contributed by atoms with Crippen molar-refractivity contribution in [1.82, 2.24) is 0 Å². The lowest BCUT2D eigenvalue weighted by atomic mass is 10.0. The predicted molar refractivity (Wildman–Crippen MR) is 125 cm³/mol. The van der Waals surface area contributed by atoms with Gasteiger partial charge in [-0.1, -0.05) is 60.7 Å². The highest BCUT2D eigenvalue weighted by Crippen LogP contribution is 2.33. The summed E-state index contributed by atoms with van der Waals surface area (Å²) < 4.78 is 11.7. The minimum Gasteiger partial charge on any atom is -0.497 e. The lowest BCUT2D eigenvalue weighted by Gasteiger charge is -2.02. The van der Waals surface area contributed by atoms with Crippen LogP contribution in [0.4, 0.5) is 0 Å². The molecule has 0 radical (unpaired) electrons. The van der Waals surface area contributed by atoms with E-state index in [0.29, 0.717) is 0 Å². The van der Waals surface area contributed by atoms with Crippen LogP contribution >= 0.6 is 0 Å². The van der Waals surface area contributed by atoms with Crippen molar-refractivity contribution in [3.63, 3.8) is 0 Å². The summed E-state index contributed by atoms with van der Waals surface area (Å²) in [5.41, 5.74) is 4.09. The molecule has 0 atom stereocenters. The van der Waals surface area contributed by atoms with Gasteiger partial charge in [-0.2, -0.15) is 0 Å². The van der Waals surface area contributed by atoms with E-state index >= 15 is 0 Å². The Morgan fingerprint density at radius 2 is 1.47 bits per heavy atom. The third-order valence-electron chi connectivity index (χ3n) is 5.31. The van der Waals surface area contributed by atoms with Gasteiger partial charge in [0.05, 0.1) is 23.6 Å². The van der Waals surface area contributed by atoms with Crippen molar-refractivity contribution >= 4 is 33.9 Å². The van der Waals surface area contributed by atoms with Gasteiger partial charge in [-0.3, -0.25) is 0 Å². The molecule has 2 nitrogen and oxygen atoms in total. The predicted octanol–water partition coefficient (Wildman–Crippen LogP) is 7.71. The fourth-order valence-corrected chi connectivity index (χ4v) is 3.74. The molecule has 0 aliphatic heterocycles. The zero-order valence-electron chi connectivity index (χ0n) is 16.7. The summed E-state index contributed by atoms with van der Waals surface area (Å²) in [6.45, 7) is 0. The highest BCUT2D eigenvalue weighted by molar-refractivity contribution is 6.06. The number of hydrogen-bond acceptors (Lipinski definition) is 1. The van der Waals surface area contributed by atoms with Crippen LogP contribution in [0.25, 0.3) is 45.2 Å². The fraction of sp³-hybridized carbons (Fsp3) is 0.0357. The molecule has 0 amide bonds. The molecule has 0 aliphatic carbocycles. The smallest absolute Gasteiger partial charge is 0.367 e. The van der Waals surface area contributed by atoms with E-state index in [1.54, 1.807) is 7.11 Å². The van der Waals surface area contributed by atoms with E-state index in [1.807, 2.05) is 42.5 Å². The first-order valence-corrected chi connectivity index (χ1v) is 9.98. The average molecular weight is 389 g/mol. The summed E-state index contributed by atoms with van der Waals surface area (Å²) in [6, 6.07) is 33.1. The quantitative estimate of drug-likeness (QED) is 0.232. The topological polar surface area (TPSA) is 20.5 Å². The molecule has 4 aromatic carbocycles. The number of hydrogen-bond donors (Lipinski definition) is 0. The van der Waals surface area contributed by atoms with E-state index in [2.05, 4.69) is 66.7 Å². The molecule has 5 aromatic rings. The Kier molecular flexibility index (Phi) is 4.74. The Labute approximate surface area is 175 Å². The van der Waals surface area contributed by atoms with Gasteiger partial charge in [-0.25, -0.2) is 4.42 Å². The molecule has 0 saturated carbocycles. The molecular formula is C28H21O2+. The van der Waals surface area contributed by atoms with E-state index in [0.717, 1.165) is 39.2 Å². The first kappa shape index (κ1) is 18.1. The van der Waals surface area contributed by atoms with Crippen molar-refractivity contribution in [2.75, 3.05) is 7.11 Å². The second kappa shape index (κ2) is 7.84. The van der Waals surface area contributed by atoms with Crippen LogP contribution in [-0.2, 0) is 0 Å².